The molecule has 1 aliphatic heterocycles. The fraction of sp³-hybridized carbons (Fsp3) is 0.231. The van der Waals surface area contributed by atoms with E-state index in [1.165, 1.54) is 29.7 Å². The van der Waals surface area contributed by atoms with Gasteiger partial charge in [0.25, 0.3) is 5.91 Å². The fourth-order valence-electron chi connectivity index (χ4n) is 4.06. The van der Waals surface area contributed by atoms with Gasteiger partial charge in [0.15, 0.2) is 5.13 Å². The lowest BCUT2D eigenvalue weighted by Gasteiger charge is -2.35. The zero-order chi connectivity index (χ0) is 25.8. The van der Waals surface area contributed by atoms with E-state index in [1.54, 1.807) is 37.4 Å². The van der Waals surface area contributed by atoms with Gasteiger partial charge in [0, 0.05) is 57.2 Å². The number of piperazine rings is 1. The van der Waals surface area contributed by atoms with Crippen LogP contribution in [-0.4, -0.2) is 66.5 Å². The molecule has 0 saturated carbocycles. The number of nitrogens with one attached hydrogen (secondary N) is 2. The number of hydrogen-bond donors (Lipinski definition) is 2. The molecule has 2 amide bonds. The molecule has 2 N–H and O–H groups in total. The molecule has 5 rings (SSSR count). The third-order valence-electron chi connectivity index (χ3n) is 5.96. The Labute approximate surface area is 216 Å². The third-order valence-corrected chi connectivity index (χ3v) is 6.90. The second-order valence-corrected chi connectivity index (χ2v) is 9.52. The molecule has 0 unspecified atom stereocenters. The molecule has 0 atom stereocenters. The van der Waals surface area contributed by atoms with Crippen LogP contribution in [0.25, 0.3) is 10.2 Å². The molecule has 2 aromatic carbocycles. The van der Waals surface area contributed by atoms with Crippen LogP contribution in [0.4, 0.5) is 15.2 Å². The Kier molecular flexibility index (Phi) is 7.24. The van der Waals surface area contributed by atoms with Gasteiger partial charge in [0.1, 0.15) is 23.0 Å². The summed E-state index contributed by atoms with van der Waals surface area (Å²) in [5, 5.41) is 5.96. The highest BCUT2D eigenvalue weighted by Gasteiger charge is 2.20. The van der Waals surface area contributed by atoms with Crippen LogP contribution in [0.3, 0.4) is 0 Å². The minimum Gasteiger partial charge on any atom is -0.457 e. The maximum absolute atomic E-state index is 13.2. The first-order valence-electron chi connectivity index (χ1n) is 11.8. The van der Waals surface area contributed by atoms with Gasteiger partial charge in [-0.15, -0.1) is 0 Å². The van der Waals surface area contributed by atoms with Gasteiger partial charge in [-0.25, -0.2) is 9.37 Å². The maximum Gasteiger partial charge on any atom is 0.269 e. The van der Waals surface area contributed by atoms with E-state index < -0.39 is 0 Å². The number of carbonyl (C=O) groups is 2. The van der Waals surface area contributed by atoms with Crippen molar-refractivity contribution in [3.63, 3.8) is 0 Å². The van der Waals surface area contributed by atoms with Crippen molar-refractivity contribution in [1.29, 1.82) is 0 Å². The molecule has 0 aliphatic carbocycles. The summed E-state index contributed by atoms with van der Waals surface area (Å²) in [4.78, 5) is 37.3. The van der Waals surface area contributed by atoms with E-state index in [1.807, 2.05) is 12.1 Å². The molecule has 2 aromatic heterocycles. The van der Waals surface area contributed by atoms with Gasteiger partial charge >= 0.3 is 0 Å². The number of anilines is 2. The predicted octanol–water partition coefficient (Wildman–Crippen LogP) is 3.74. The Morgan fingerprint density at radius 1 is 1.03 bits per heavy atom. The first-order valence-corrected chi connectivity index (χ1v) is 12.6. The van der Waals surface area contributed by atoms with Crippen LogP contribution in [0, 0.1) is 5.82 Å². The van der Waals surface area contributed by atoms with Crippen LogP contribution in [-0.2, 0) is 4.79 Å². The van der Waals surface area contributed by atoms with Crippen molar-refractivity contribution in [3.05, 3.63) is 72.3 Å². The van der Waals surface area contributed by atoms with Crippen molar-refractivity contribution < 1.29 is 18.7 Å². The molecule has 1 fully saturated rings. The van der Waals surface area contributed by atoms with E-state index in [9.17, 15) is 14.0 Å². The van der Waals surface area contributed by atoms with Crippen LogP contribution in [0.15, 0.2) is 60.8 Å². The maximum atomic E-state index is 13.2. The van der Waals surface area contributed by atoms with E-state index >= 15 is 0 Å². The first-order chi connectivity index (χ1) is 18.0. The summed E-state index contributed by atoms with van der Waals surface area (Å²) in [7, 11) is 1.54. The third kappa shape index (κ3) is 6.01. The molecule has 190 valence electrons. The average Bonchev–Trinajstić information content (AvgIpc) is 3.30. The largest absolute Gasteiger partial charge is 0.457 e. The van der Waals surface area contributed by atoms with E-state index in [0.717, 1.165) is 42.1 Å². The minimum atomic E-state index is -0.293. The quantitative estimate of drug-likeness (QED) is 0.383. The van der Waals surface area contributed by atoms with Gasteiger partial charge in [-0.3, -0.25) is 19.5 Å². The highest BCUT2D eigenvalue weighted by Crippen LogP contribution is 2.31. The van der Waals surface area contributed by atoms with Gasteiger partial charge in [-0.1, -0.05) is 11.3 Å². The molecule has 0 radical (unpaired) electrons. The lowest BCUT2D eigenvalue weighted by Crippen LogP contribution is -2.48. The highest BCUT2D eigenvalue weighted by atomic mass is 32.1. The Morgan fingerprint density at radius 3 is 2.54 bits per heavy atom. The second-order valence-electron chi connectivity index (χ2n) is 8.49. The smallest absolute Gasteiger partial charge is 0.269 e. The number of benzene rings is 2. The molecule has 1 saturated heterocycles. The van der Waals surface area contributed by atoms with Crippen molar-refractivity contribution in [2.45, 2.75) is 0 Å². The second kappa shape index (κ2) is 10.9. The number of ether oxygens (including phenoxy) is 1. The number of hydrogen-bond acceptors (Lipinski definition) is 8. The van der Waals surface area contributed by atoms with Gasteiger partial charge in [-0.2, -0.15) is 0 Å². The van der Waals surface area contributed by atoms with Gasteiger partial charge < -0.3 is 20.3 Å². The molecule has 0 spiro atoms. The van der Waals surface area contributed by atoms with E-state index in [2.05, 4.69) is 30.4 Å². The number of fused-ring (bicyclic) bond motifs is 1. The molecular weight excluding hydrogens is 495 g/mol. The summed E-state index contributed by atoms with van der Waals surface area (Å²) >= 11 is 1.37. The van der Waals surface area contributed by atoms with E-state index in [0.29, 0.717) is 16.6 Å². The van der Waals surface area contributed by atoms with Crippen molar-refractivity contribution in [3.8, 4) is 11.5 Å². The summed E-state index contributed by atoms with van der Waals surface area (Å²) in [6, 6.07) is 15.2. The van der Waals surface area contributed by atoms with Gasteiger partial charge in [0.05, 0.1) is 16.8 Å². The van der Waals surface area contributed by atoms with E-state index in [-0.39, 0.29) is 29.9 Å². The summed E-state index contributed by atoms with van der Waals surface area (Å²) in [6.07, 6.45) is 1.52. The monoisotopic (exact) mass is 520 g/mol. The molecule has 0 bridgehead atoms. The molecule has 37 heavy (non-hydrogen) atoms. The van der Waals surface area contributed by atoms with E-state index in [4.69, 9.17) is 4.74 Å². The topological polar surface area (TPSA) is 99.7 Å². The van der Waals surface area contributed by atoms with Crippen LogP contribution in [0.1, 0.15) is 10.5 Å². The molecular formula is C26H25FN6O3S. The number of nitrogens with zero attached hydrogens (tertiary/aromatic N) is 4. The lowest BCUT2D eigenvalue weighted by atomic mass is 10.2. The standard InChI is InChI=1S/C26H25FN6O3S/c1-28-25(35)22-14-20(8-9-29-22)36-19-6-7-21-23(15-19)37-26(30-21)31-24(34)16-32-10-12-33(13-11-32)18-4-2-17(27)3-5-18/h2-9,14-15H,10-13,16H2,1H3,(H,28,35)(H,30,31,34). The molecule has 11 heteroatoms. The minimum absolute atomic E-state index is 0.121. The molecule has 1 aliphatic rings. The van der Waals surface area contributed by atoms with Gasteiger partial charge in [0.2, 0.25) is 5.91 Å². The first kappa shape index (κ1) is 24.6. The Morgan fingerprint density at radius 2 is 1.78 bits per heavy atom. The summed E-state index contributed by atoms with van der Waals surface area (Å²) in [5.41, 5.74) is 2.00. The van der Waals surface area contributed by atoms with Crippen molar-refractivity contribution >= 4 is 44.2 Å². The number of rotatable bonds is 7. The highest BCUT2D eigenvalue weighted by molar-refractivity contribution is 7.22. The number of amides is 2. The van der Waals surface area contributed by atoms with Crippen LogP contribution in [0.5, 0.6) is 11.5 Å². The molecule has 9 nitrogen and oxygen atoms in total. The SMILES string of the molecule is CNC(=O)c1cc(Oc2ccc3nc(NC(=O)CN4CCN(c5ccc(F)cc5)CC4)sc3c2)ccn1. The molecule has 4 aromatic rings. The Balaban J connectivity index is 1.16. The average molecular weight is 521 g/mol. The number of halogens is 1. The predicted molar refractivity (Wildman–Crippen MR) is 141 cm³/mol. The number of pyridine rings is 1. The number of carbonyl (C=O) groups excluding carboxylic acids is 2. The van der Waals surface area contributed by atoms with Crippen LogP contribution in [0.2, 0.25) is 0 Å². The summed E-state index contributed by atoms with van der Waals surface area (Å²) < 4.78 is 19.9. The van der Waals surface area contributed by atoms with Crippen molar-refractivity contribution in [2.75, 3.05) is 50.0 Å². The lowest BCUT2D eigenvalue weighted by molar-refractivity contribution is -0.117. The number of aromatic nitrogens is 2. The van der Waals surface area contributed by atoms with Crippen molar-refractivity contribution in [1.82, 2.24) is 20.2 Å². The number of thiazole rings is 1. The van der Waals surface area contributed by atoms with Crippen LogP contribution >= 0.6 is 11.3 Å². The Hall–Kier alpha value is -4.09. The zero-order valence-corrected chi connectivity index (χ0v) is 20.9. The summed E-state index contributed by atoms with van der Waals surface area (Å²) in [6.45, 7) is 3.29. The summed E-state index contributed by atoms with van der Waals surface area (Å²) in [5.74, 6) is 0.415. The van der Waals surface area contributed by atoms with Crippen LogP contribution < -0.4 is 20.3 Å². The molecule has 3 heterocycles. The zero-order valence-electron chi connectivity index (χ0n) is 20.1. The van der Waals surface area contributed by atoms with Crippen molar-refractivity contribution in [2.24, 2.45) is 0 Å². The normalized spacial score (nSPS) is 13.9. The Bertz CT molecular complexity index is 1420. The van der Waals surface area contributed by atoms with Gasteiger partial charge in [-0.05, 0) is 42.5 Å². The fourth-order valence-corrected chi connectivity index (χ4v) is 4.97.